The number of amides is 1. The Balaban J connectivity index is 4.65. The van der Waals surface area contributed by atoms with E-state index >= 15 is 0 Å². The molecule has 2 atom stereocenters. The average Bonchev–Trinajstić information content (AvgIpc) is 2.30. The molecule has 5 heteroatoms. The third kappa shape index (κ3) is 8.24. The molecule has 0 aromatic heterocycles. The van der Waals surface area contributed by atoms with E-state index in [-0.39, 0.29) is 12.0 Å². The summed E-state index contributed by atoms with van der Waals surface area (Å²) in [6, 6.07) is -0.265. The lowest BCUT2D eigenvalue weighted by atomic mass is 9.99. The third-order valence-electron chi connectivity index (χ3n) is 2.58. The number of ether oxygens (including phenoxy) is 2. The summed E-state index contributed by atoms with van der Waals surface area (Å²) in [6.07, 6.45) is 3.32. The lowest BCUT2D eigenvalue weighted by molar-refractivity contribution is -0.134. The van der Waals surface area contributed by atoms with E-state index in [4.69, 9.17) is 4.74 Å². The van der Waals surface area contributed by atoms with Gasteiger partial charge in [-0.3, -0.25) is 0 Å². The van der Waals surface area contributed by atoms with Crippen LogP contribution in [-0.2, 0) is 14.3 Å². The number of esters is 1. The van der Waals surface area contributed by atoms with Gasteiger partial charge in [-0.15, -0.1) is 0 Å². The van der Waals surface area contributed by atoms with E-state index in [1.54, 1.807) is 26.8 Å². The van der Waals surface area contributed by atoms with E-state index < -0.39 is 17.7 Å². The fraction of sp³-hybridized carbons (Fsp3) is 0.714. The van der Waals surface area contributed by atoms with Crippen LogP contribution in [0.3, 0.4) is 0 Å². The van der Waals surface area contributed by atoms with Crippen molar-refractivity contribution < 1.29 is 19.1 Å². The molecule has 0 aromatic rings. The van der Waals surface area contributed by atoms with Gasteiger partial charge in [0.05, 0.1) is 13.2 Å². The van der Waals surface area contributed by atoms with Gasteiger partial charge in [-0.1, -0.05) is 26.3 Å². The van der Waals surface area contributed by atoms with Crippen molar-refractivity contribution in [1.82, 2.24) is 5.32 Å². The minimum absolute atomic E-state index is 0.188. The van der Waals surface area contributed by atoms with Crippen LogP contribution in [0.5, 0.6) is 0 Å². The average molecular weight is 271 g/mol. The molecule has 1 N–H and O–H groups in total. The van der Waals surface area contributed by atoms with Crippen molar-refractivity contribution in [3.63, 3.8) is 0 Å². The van der Waals surface area contributed by atoms with E-state index in [1.807, 2.05) is 13.8 Å². The van der Waals surface area contributed by atoms with Crippen molar-refractivity contribution in [2.45, 2.75) is 52.7 Å². The summed E-state index contributed by atoms with van der Waals surface area (Å²) < 4.78 is 9.73. The van der Waals surface area contributed by atoms with Gasteiger partial charge in [0, 0.05) is 6.08 Å². The molecular formula is C14H25NO4. The zero-order chi connectivity index (χ0) is 15.1. The molecule has 0 saturated heterocycles. The third-order valence-corrected chi connectivity index (χ3v) is 2.58. The molecule has 1 amide bonds. The van der Waals surface area contributed by atoms with Crippen LogP contribution in [0.4, 0.5) is 4.79 Å². The molecule has 110 valence electrons. The molecule has 0 aliphatic rings. The topological polar surface area (TPSA) is 64.6 Å². The highest BCUT2D eigenvalue weighted by molar-refractivity contribution is 5.82. The molecular weight excluding hydrogens is 246 g/mol. The van der Waals surface area contributed by atoms with Gasteiger partial charge in [-0.05, 0) is 26.7 Å². The number of hydrogen-bond acceptors (Lipinski definition) is 4. The van der Waals surface area contributed by atoms with Gasteiger partial charge in [-0.2, -0.15) is 0 Å². The molecule has 0 saturated carbocycles. The Labute approximate surface area is 115 Å². The first-order chi connectivity index (χ1) is 8.69. The highest BCUT2D eigenvalue weighted by atomic mass is 16.6. The lowest BCUT2D eigenvalue weighted by Gasteiger charge is -2.25. The zero-order valence-corrected chi connectivity index (χ0v) is 12.6. The predicted octanol–water partition coefficient (Wildman–Crippen LogP) is 2.66. The molecule has 0 radical (unpaired) electrons. The number of rotatable bonds is 5. The quantitative estimate of drug-likeness (QED) is 0.616. The molecule has 0 rings (SSSR count). The fourth-order valence-electron chi connectivity index (χ4n) is 1.33. The summed E-state index contributed by atoms with van der Waals surface area (Å²) in [5, 5.41) is 2.75. The van der Waals surface area contributed by atoms with Gasteiger partial charge in [0.2, 0.25) is 0 Å². The van der Waals surface area contributed by atoms with Gasteiger partial charge in [-0.25, -0.2) is 9.59 Å². The highest BCUT2D eigenvalue weighted by Crippen LogP contribution is 2.12. The molecule has 2 unspecified atom stereocenters. The predicted molar refractivity (Wildman–Crippen MR) is 73.8 cm³/mol. The first kappa shape index (κ1) is 17.5. The zero-order valence-electron chi connectivity index (χ0n) is 12.6. The first-order valence-electron chi connectivity index (χ1n) is 6.45. The van der Waals surface area contributed by atoms with Crippen LogP contribution in [0.15, 0.2) is 12.2 Å². The Hall–Kier alpha value is -1.52. The van der Waals surface area contributed by atoms with Crippen LogP contribution in [0, 0.1) is 5.92 Å². The molecule has 19 heavy (non-hydrogen) atoms. The molecule has 0 fully saturated rings. The van der Waals surface area contributed by atoms with Crippen LogP contribution in [0.25, 0.3) is 0 Å². The SMILES string of the molecule is CCC(C)C(C=CC(=O)OC)NC(=O)OC(C)(C)C. The van der Waals surface area contributed by atoms with Gasteiger partial charge in [0.25, 0.3) is 0 Å². The van der Waals surface area contributed by atoms with E-state index in [0.717, 1.165) is 6.42 Å². The number of methoxy groups -OCH3 is 1. The summed E-state index contributed by atoms with van der Waals surface area (Å²) in [6.45, 7) is 9.41. The first-order valence-corrected chi connectivity index (χ1v) is 6.45. The Morgan fingerprint density at radius 2 is 1.89 bits per heavy atom. The van der Waals surface area contributed by atoms with Gasteiger partial charge in [0.15, 0.2) is 0 Å². The maximum Gasteiger partial charge on any atom is 0.408 e. The number of carbonyl (C=O) groups excluding carboxylic acids is 2. The van der Waals surface area contributed by atoms with Crippen LogP contribution in [-0.4, -0.2) is 30.8 Å². The van der Waals surface area contributed by atoms with E-state index in [0.29, 0.717) is 0 Å². The maximum atomic E-state index is 11.7. The van der Waals surface area contributed by atoms with E-state index in [9.17, 15) is 9.59 Å². The molecule has 0 spiro atoms. The minimum Gasteiger partial charge on any atom is -0.466 e. The van der Waals surface area contributed by atoms with Crippen molar-refractivity contribution in [3.8, 4) is 0 Å². The van der Waals surface area contributed by atoms with Gasteiger partial charge < -0.3 is 14.8 Å². The lowest BCUT2D eigenvalue weighted by Crippen LogP contribution is -2.41. The summed E-state index contributed by atoms with van der Waals surface area (Å²) in [5.41, 5.74) is -0.545. The molecule has 0 heterocycles. The van der Waals surface area contributed by atoms with Crippen molar-refractivity contribution in [3.05, 3.63) is 12.2 Å². The number of alkyl carbamates (subject to hydrolysis) is 1. The molecule has 5 nitrogen and oxygen atoms in total. The number of carbonyl (C=O) groups is 2. The summed E-state index contributed by atoms with van der Waals surface area (Å²) >= 11 is 0. The van der Waals surface area contributed by atoms with Gasteiger partial charge >= 0.3 is 12.1 Å². The number of hydrogen-bond donors (Lipinski definition) is 1. The van der Waals surface area contributed by atoms with Crippen LogP contribution in [0.2, 0.25) is 0 Å². The number of nitrogens with one attached hydrogen (secondary N) is 1. The Morgan fingerprint density at radius 3 is 2.32 bits per heavy atom. The second-order valence-electron chi connectivity index (χ2n) is 5.44. The van der Waals surface area contributed by atoms with Crippen molar-refractivity contribution in [1.29, 1.82) is 0 Å². The summed E-state index contributed by atoms with van der Waals surface area (Å²) in [7, 11) is 1.31. The second kappa shape index (κ2) is 7.81. The molecule has 0 bridgehead atoms. The van der Waals surface area contributed by atoms with Crippen molar-refractivity contribution >= 4 is 12.1 Å². The van der Waals surface area contributed by atoms with Gasteiger partial charge in [0.1, 0.15) is 5.60 Å². The Bertz CT molecular complexity index is 331. The fourth-order valence-corrected chi connectivity index (χ4v) is 1.33. The maximum absolute atomic E-state index is 11.7. The molecule has 0 aromatic carbocycles. The Kier molecular flexibility index (Phi) is 7.19. The van der Waals surface area contributed by atoms with Crippen molar-refractivity contribution in [2.75, 3.05) is 7.11 Å². The van der Waals surface area contributed by atoms with Crippen LogP contribution < -0.4 is 5.32 Å². The van der Waals surface area contributed by atoms with E-state index in [2.05, 4.69) is 10.1 Å². The monoisotopic (exact) mass is 271 g/mol. The smallest absolute Gasteiger partial charge is 0.408 e. The largest absolute Gasteiger partial charge is 0.466 e. The van der Waals surface area contributed by atoms with Crippen LogP contribution >= 0.6 is 0 Å². The Morgan fingerprint density at radius 1 is 1.32 bits per heavy atom. The van der Waals surface area contributed by atoms with Crippen molar-refractivity contribution in [2.24, 2.45) is 5.92 Å². The standard InChI is InChI=1S/C14H25NO4/c1-7-10(2)11(8-9-12(16)18-6)15-13(17)19-14(3,4)5/h8-11H,7H2,1-6H3,(H,15,17). The summed E-state index contributed by atoms with van der Waals surface area (Å²) in [5.74, 6) is -0.257. The van der Waals surface area contributed by atoms with Crippen LogP contribution in [0.1, 0.15) is 41.0 Å². The van der Waals surface area contributed by atoms with E-state index in [1.165, 1.54) is 13.2 Å². The normalized spacial score (nSPS) is 14.8. The second-order valence-corrected chi connectivity index (χ2v) is 5.44. The summed E-state index contributed by atoms with van der Waals surface area (Å²) in [4.78, 5) is 22.8. The molecule has 0 aliphatic heterocycles. The minimum atomic E-state index is -0.545. The highest BCUT2D eigenvalue weighted by Gasteiger charge is 2.21. The molecule has 0 aliphatic carbocycles.